The highest BCUT2D eigenvalue weighted by Gasteiger charge is 2.19. The second-order valence-corrected chi connectivity index (χ2v) is 4.99. The summed E-state index contributed by atoms with van der Waals surface area (Å²) < 4.78 is 0. The standard InChI is InChI=1S/C13H24N2/c1-11(2)8-14-6-7-15(9-12(3)4)13(5)10-14/h8-9,13H,6-7,10H2,1-5H3. The molecule has 1 aliphatic heterocycles. The highest BCUT2D eigenvalue weighted by molar-refractivity contribution is 5.00. The minimum Gasteiger partial charge on any atom is -0.374 e. The van der Waals surface area contributed by atoms with Crippen LogP contribution >= 0.6 is 0 Å². The molecular weight excluding hydrogens is 184 g/mol. The third-order valence-electron chi connectivity index (χ3n) is 2.58. The number of hydrogen-bond acceptors (Lipinski definition) is 2. The molecule has 1 heterocycles. The predicted molar refractivity (Wildman–Crippen MR) is 66.6 cm³/mol. The summed E-state index contributed by atoms with van der Waals surface area (Å²) in [4.78, 5) is 4.88. The van der Waals surface area contributed by atoms with Crippen molar-refractivity contribution in [2.24, 2.45) is 0 Å². The lowest BCUT2D eigenvalue weighted by Crippen LogP contribution is -2.47. The van der Waals surface area contributed by atoms with E-state index in [1.165, 1.54) is 11.1 Å². The van der Waals surface area contributed by atoms with Gasteiger partial charge in [-0.1, -0.05) is 11.1 Å². The molecule has 1 atom stereocenters. The van der Waals surface area contributed by atoms with Crippen molar-refractivity contribution in [1.82, 2.24) is 9.80 Å². The fourth-order valence-electron chi connectivity index (χ4n) is 2.01. The number of rotatable bonds is 2. The number of nitrogens with zero attached hydrogens (tertiary/aromatic N) is 2. The summed E-state index contributed by atoms with van der Waals surface area (Å²) in [6.45, 7) is 14.3. The largest absolute Gasteiger partial charge is 0.374 e. The molecule has 0 bridgehead atoms. The summed E-state index contributed by atoms with van der Waals surface area (Å²) in [6.07, 6.45) is 4.56. The topological polar surface area (TPSA) is 6.48 Å². The number of hydrogen-bond donors (Lipinski definition) is 0. The van der Waals surface area contributed by atoms with Gasteiger partial charge in [-0.05, 0) is 47.0 Å². The van der Waals surface area contributed by atoms with Crippen LogP contribution in [0.2, 0.25) is 0 Å². The fraction of sp³-hybridized carbons (Fsp3) is 0.692. The zero-order valence-corrected chi connectivity index (χ0v) is 10.7. The van der Waals surface area contributed by atoms with Gasteiger partial charge >= 0.3 is 0 Å². The predicted octanol–water partition coefficient (Wildman–Crippen LogP) is 2.84. The van der Waals surface area contributed by atoms with Crippen LogP contribution in [0.5, 0.6) is 0 Å². The molecule has 0 amide bonds. The summed E-state index contributed by atoms with van der Waals surface area (Å²) in [5, 5.41) is 0. The average molecular weight is 208 g/mol. The maximum absolute atomic E-state index is 2.45. The van der Waals surface area contributed by atoms with Crippen LogP contribution < -0.4 is 0 Å². The van der Waals surface area contributed by atoms with Gasteiger partial charge in [0.05, 0.1) is 0 Å². The van der Waals surface area contributed by atoms with Crippen LogP contribution in [0.4, 0.5) is 0 Å². The fourth-order valence-corrected chi connectivity index (χ4v) is 2.01. The summed E-state index contributed by atoms with van der Waals surface area (Å²) in [6, 6.07) is 0.615. The Hall–Kier alpha value is -0.920. The van der Waals surface area contributed by atoms with Crippen LogP contribution in [0.3, 0.4) is 0 Å². The molecule has 1 rings (SSSR count). The smallest absolute Gasteiger partial charge is 0.0432 e. The van der Waals surface area contributed by atoms with Crippen molar-refractivity contribution in [2.75, 3.05) is 19.6 Å². The van der Waals surface area contributed by atoms with Crippen LogP contribution in [0.15, 0.2) is 23.5 Å². The van der Waals surface area contributed by atoms with Crippen molar-refractivity contribution in [3.05, 3.63) is 23.5 Å². The third-order valence-corrected chi connectivity index (χ3v) is 2.58. The maximum Gasteiger partial charge on any atom is 0.0432 e. The second kappa shape index (κ2) is 5.24. The summed E-state index contributed by atoms with van der Waals surface area (Å²) in [7, 11) is 0. The minimum absolute atomic E-state index is 0.615. The van der Waals surface area contributed by atoms with Crippen molar-refractivity contribution >= 4 is 0 Å². The van der Waals surface area contributed by atoms with E-state index >= 15 is 0 Å². The highest BCUT2D eigenvalue weighted by Crippen LogP contribution is 2.12. The Labute approximate surface area is 94.3 Å². The van der Waals surface area contributed by atoms with Gasteiger partial charge in [0.15, 0.2) is 0 Å². The van der Waals surface area contributed by atoms with Gasteiger partial charge in [-0.25, -0.2) is 0 Å². The van der Waals surface area contributed by atoms with Gasteiger partial charge in [-0.3, -0.25) is 0 Å². The Balaban J connectivity index is 2.55. The van der Waals surface area contributed by atoms with E-state index in [2.05, 4.69) is 56.8 Å². The molecule has 2 heteroatoms. The molecule has 1 unspecified atom stereocenters. The van der Waals surface area contributed by atoms with E-state index in [4.69, 9.17) is 0 Å². The van der Waals surface area contributed by atoms with Gasteiger partial charge in [-0.2, -0.15) is 0 Å². The second-order valence-electron chi connectivity index (χ2n) is 4.99. The highest BCUT2D eigenvalue weighted by atomic mass is 15.3. The Kier molecular flexibility index (Phi) is 4.25. The average Bonchev–Trinajstić information content (AvgIpc) is 2.08. The number of piperazine rings is 1. The molecule has 0 aromatic heterocycles. The Morgan fingerprint density at radius 3 is 2.07 bits per heavy atom. The first kappa shape index (κ1) is 12.2. The van der Waals surface area contributed by atoms with Gasteiger partial charge in [-0.15, -0.1) is 0 Å². The quantitative estimate of drug-likeness (QED) is 0.688. The van der Waals surface area contributed by atoms with Gasteiger partial charge in [0, 0.05) is 25.7 Å². The first-order chi connectivity index (χ1) is 6.99. The molecule has 1 fully saturated rings. The van der Waals surface area contributed by atoms with E-state index in [9.17, 15) is 0 Å². The molecule has 0 aromatic rings. The molecule has 86 valence electrons. The lowest BCUT2D eigenvalue weighted by atomic mass is 10.2. The molecule has 1 aliphatic rings. The molecule has 0 N–H and O–H groups in total. The van der Waals surface area contributed by atoms with Crippen LogP contribution in [-0.2, 0) is 0 Å². The first-order valence-electron chi connectivity index (χ1n) is 5.79. The Morgan fingerprint density at radius 2 is 1.60 bits per heavy atom. The van der Waals surface area contributed by atoms with Gasteiger partial charge in [0.25, 0.3) is 0 Å². The SMILES string of the molecule is CC(C)=CN1CCN(C=C(C)C)C(C)C1. The Morgan fingerprint density at radius 1 is 1.00 bits per heavy atom. The van der Waals surface area contributed by atoms with Crippen LogP contribution in [0.1, 0.15) is 34.6 Å². The lowest BCUT2D eigenvalue weighted by Gasteiger charge is -2.39. The van der Waals surface area contributed by atoms with Crippen molar-refractivity contribution in [2.45, 2.75) is 40.7 Å². The lowest BCUT2D eigenvalue weighted by molar-refractivity contribution is 0.158. The molecular formula is C13H24N2. The van der Waals surface area contributed by atoms with E-state index < -0.39 is 0 Å². The van der Waals surface area contributed by atoms with E-state index in [0.717, 1.165) is 19.6 Å². The van der Waals surface area contributed by atoms with Crippen molar-refractivity contribution in [3.8, 4) is 0 Å². The molecule has 0 saturated carbocycles. The van der Waals surface area contributed by atoms with E-state index in [-0.39, 0.29) is 0 Å². The molecule has 2 nitrogen and oxygen atoms in total. The normalized spacial score (nSPS) is 21.3. The van der Waals surface area contributed by atoms with Gasteiger partial charge in [0.1, 0.15) is 0 Å². The first-order valence-corrected chi connectivity index (χ1v) is 5.79. The van der Waals surface area contributed by atoms with E-state index in [0.29, 0.717) is 6.04 Å². The summed E-state index contributed by atoms with van der Waals surface area (Å²) >= 11 is 0. The molecule has 0 aromatic carbocycles. The van der Waals surface area contributed by atoms with E-state index in [1.54, 1.807) is 0 Å². The zero-order valence-electron chi connectivity index (χ0n) is 10.7. The Bertz CT molecular complexity index is 258. The van der Waals surface area contributed by atoms with Crippen LogP contribution in [0, 0.1) is 0 Å². The van der Waals surface area contributed by atoms with Crippen LogP contribution in [0.25, 0.3) is 0 Å². The van der Waals surface area contributed by atoms with Crippen LogP contribution in [-0.4, -0.2) is 35.5 Å². The maximum atomic E-state index is 2.45. The zero-order chi connectivity index (χ0) is 11.4. The van der Waals surface area contributed by atoms with Gasteiger partial charge < -0.3 is 9.80 Å². The number of allylic oxidation sites excluding steroid dienone is 2. The van der Waals surface area contributed by atoms with Crippen molar-refractivity contribution < 1.29 is 0 Å². The molecule has 0 aliphatic carbocycles. The van der Waals surface area contributed by atoms with E-state index in [1.807, 2.05) is 0 Å². The third kappa shape index (κ3) is 3.98. The summed E-state index contributed by atoms with van der Waals surface area (Å²) in [5.41, 5.74) is 2.77. The monoisotopic (exact) mass is 208 g/mol. The molecule has 0 spiro atoms. The minimum atomic E-state index is 0.615. The summed E-state index contributed by atoms with van der Waals surface area (Å²) in [5.74, 6) is 0. The van der Waals surface area contributed by atoms with Crippen molar-refractivity contribution in [1.29, 1.82) is 0 Å². The molecule has 1 saturated heterocycles. The molecule has 15 heavy (non-hydrogen) atoms. The van der Waals surface area contributed by atoms with Crippen molar-refractivity contribution in [3.63, 3.8) is 0 Å². The molecule has 0 radical (unpaired) electrons. The van der Waals surface area contributed by atoms with Gasteiger partial charge in [0.2, 0.25) is 0 Å².